The van der Waals surface area contributed by atoms with Gasteiger partial charge >= 0.3 is 6.18 Å². The zero-order valence-electron chi connectivity index (χ0n) is 11.8. The largest absolute Gasteiger partial charge is 0.416 e. The molecule has 1 heterocycles. The standard InChI is InChI=1S/C14H17F3N4/c1-3-21-13(12(18)9(2)20-21)19-8-10-5-4-6-11(7-10)14(15,16)17/h4-7,19H,3,8,18H2,1-2H3. The molecule has 0 amide bonds. The Morgan fingerprint density at radius 3 is 2.67 bits per heavy atom. The molecule has 0 spiro atoms. The van der Waals surface area contributed by atoms with Crippen molar-refractivity contribution in [2.75, 3.05) is 11.1 Å². The van der Waals surface area contributed by atoms with Crippen LogP contribution in [-0.4, -0.2) is 9.78 Å². The lowest BCUT2D eigenvalue weighted by atomic mass is 10.1. The number of aryl methyl sites for hydroxylation is 2. The summed E-state index contributed by atoms with van der Waals surface area (Å²) in [5.74, 6) is 0.632. The van der Waals surface area contributed by atoms with Crippen molar-refractivity contribution in [2.24, 2.45) is 0 Å². The molecule has 0 atom stereocenters. The van der Waals surface area contributed by atoms with Gasteiger partial charge in [0.1, 0.15) is 5.82 Å². The second kappa shape index (κ2) is 5.67. The maximum Gasteiger partial charge on any atom is 0.416 e. The molecule has 0 radical (unpaired) electrons. The molecule has 21 heavy (non-hydrogen) atoms. The molecule has 7 heteroatoms. The van der Waals surface area contributed by atoms with Gasteiger partial charge in [0.25, 0.3) is 0 Å². The van der Waals surface area contributed by atoms with Crippen molar-refractivity contribution in [3.63, 3.8) is 0 Å². The SMILES string of the molecule is CCn1nc(C)c(N)c1NCc1cccc(C(F)(F)F)c1. The van der Waals surface area contributed by atoms with E-state index in [0.29, 0.717) is 29.3 Å². The minimum atomic E-state index is -4.34. The summed E-state index contributed by atoms with van der Waals surface area (Å²) < 4.78 is 39.7. The molecule has 0 aliphatic carbocycles. The Morgan fingerprint density at radius 2 is 2.05 bits per heavy atom. The first kappa shape index (κ1) is 15.2. The molecule has 0 aliphatic heterocycles. The molecule has 4 nitrogen and oxygen atoms in total. The molecule has 2 rings (SSSR count). The molecule has 114 valence electrons. The highest BCUT2D eigenvalue weighted by Gasteiger charge is 2.30. The molecule has 2 aromatic rings. The number of halogens is 3. The van der Waals surface area contributed by atoms with Gasteiger partial charge in [-0.3, -0.25) is 0 Å². The molecule has 0 bridgehead atoms. The second-order valence-electron chi connectivity index (χ2n) is 4.72. The Kier molecular flexibility index (Phi) is 4.11. The van der Waals surface area contributed by atoms with Gasteiger partial charge in [0.05, 0.1) is 16.9 Å². The number of rotatable bonds is 4. The number of alkyl halides is 3. The van der Waals surface area contributed by atoms with Crippen LogP contribution in [0.25, 0.3) is 0 Å². The smallest absolute Gasteiger partial charge is 0.394 e. The normalized spacial score (nSPS) is 11.7. The lowest BCUT2D eigenvalue weighted by Gasteiger charge is -2.11. The summed E-state index contributed by atoms with van der Waals surface area (Å²) in [5, 5.41) is 7.30. The lowest BCUT2D eigenvalue weighted by molar-refractivity contribution is -0.137. The summed E-state index contributed by atoms with van der Waals surface area (Å²) >= 11 is 0. The number of anilines is 2. The maximum atomic E-state index is 12.7. The van der Waals surface area contributed by atoms with E-state index in [4.69, 9.17) is 5.73 Å². The van der Waals surface area contributed by atoms with Gasteiger partial charge in [-0.1, -0.05) is 12.1 Å². The van der Waals surface area contributed by atoms with E-state index in [1.54, 1.807) is 17.7 Å². The lowest BCUT2D eigenvalue weighted by Crippen LogP contribution is -2.10. The van der Waals surface area contributed by atoms with Crippen LogP contribution in [0.4, 0.5) is 24.7 Å². The van der Waals surface area contributed by atoms with E-state index in [9.17, 15) is 13.2 Å². The van der Waals surface area contributed by atoms with Crippen molar-refractivity contribution in [1.82, 2.24) is 9.78 Å². The highest BCUT2D eigenvalue weighted by atomic mass is 19.4. The molecule has 1 aromatic carbocycles. The first-order chi connectivity index (χ1) is 9.82. The van der Waals surface area contributed by atoms with Crippen LogP contribution in [0.1, 0.15) is 23.7 Å². The van der Waals surface area contributed by atoms with E-state index in [1.807, 2.05) is 6.92 Å². The van der Waals surface area contributed by atoms with Gasteiger partial charge in [-0.05, 0) is 31.5 Å². The Bertz CT molecular complexity index is 632. The quantitative estimate of drug-likeness (QED) is 0.909. The van der Waals surface area contributed by atoms with E-state index < -0.39 is 11.7 Å². The number of benzene rings is 1. The second-order valence-corrected chi connectivity index (χ2v) is 4.72. The average Bonchev–Trinajstić information content (AvgIpc) is 2.71. The minimum absolute atomic E-state index is 0.249. The Balaban J connectivity index is 2.17. The summed E-state index contributed by atoms with van der Waals surface area (Å²) in [6.45, 7) is 4.58. The third kappa shape index (κ3) is 3.29. The van der Waals surface area contributed by atoms with Gasteiger partial charge in [0, 0.05) is 13.1 Å². The van der Waals surface area contributed by atoms with Crippen LogP contribution in [0.15, 0.2) is 24.3 Å². The Labute approximate surface area is 120 Å². The summed E-state index contributed by atoms with van der Waals surface area (Å²) in [6, 6.07) is 5.21. The topological polar surface area (TPSA) is 55.9 Å². The van der Waals surface area contributed by atoms with Crippen molar-refractivity contribution in [3.05, 3.63) is 41.1 Å². The number of nitrogens with two attached hydrogens (primary N) is 1. The number of aromatic nitrogens is 2. The molecule has 0 saturated heterocycles. The first-order valence-electron chi connectivity index (χ1n) is 6.55. The van der Waals surface area contributed by atoms with Crippen molar-refractivity contribution in [1.29, 1.82) is 0 Å². The number of nitrogens with zero attached hydrogens (tertiary/aromatic N) is 2. The highest BCUT2D eigenvalue weighted by Crippen LogP contribution is 2.30. The van der Waals surface area contributed by atoms with Crippen LogP contribution in [0.5, 0.6) is 0 Å². The molecule has 0 unspecified atom stereocenters. The number of hydrogen-bond acceptors (Lipinski definition) is 3. The molecular formula is C14H17F3N4. The first-order valence-corrected chi connectivity index (χ1v) is 6.55. The van der Waals surface area contributed by atoms with Crippen molar-refractivity contribution >= 4 is 11.5 Å². The molecule has 0 saturated carbocycles. The Hall–Kier alpha value is -2.18. The van der Waals surface area contributed by atoms with Crippen LogP contribution in [0.2, 0.25) is 0 Å². The number of nitrogen functional groups attached to an aromatic ring is 1. The third-order valence-corrected chi connectivity index (χ3v) is 3.19. The predicted octanol–water partition coefficient (Wildman–Crippen LogP) is 3.42. The van der Waals surface area contributed by atoms with Gasteiger partial charge < -0.3 is 11.1 Å². The summed E-state index contributed by atoms with van der Waals surface area (Å²) in [6.07, 6.45) is -4.34. The zero-order chi connectivity index (χ0) is 15.6. The van der Waals surface area contributed by atoms with Gasteiger partial charge in [-0.25, -0.2) is 4.68 Å². The summed E-state index contributed by atoms with van der Waals surface area (Å²) in [4.78, 5) is 0. The zero-order valence-corrected chi connectivity index (χ0v) is 11.8. The molecule has 0 aliphatic rings. The van der Waals surface area contributed by atoms with Gasteiger partial charge in [-0.15, -0.1) is 0 Å². The number of hydrogen-bond donors (Lipinski definition) is 2. The molecular weight excluding hydrogens is 281 g/mol. The van der Waals surface area contributed by atoms with E-state index in [2.05, 4.69) is 10.4 Å². The van der Waals surface area contributed by atoms with Gasteiger partial charge in [0.2, 0.25) is 0 Å². The Morgan fingerprint density at radius 1 is 1.33 bits per heavy atom. The van der Waals surface area contributed by atoms with Crippen molar-refractivity contribution < 1.29 is 13.2 Å². The molecule has 1 aromatic heterocycles. The summed E-state index contributed by atoms with van der Waals surface area (Å²) in [7, 11) is 0. The summed E-state index contributed by atoms with van der Waals surface area (Å²) in [5.41, 5.74) is 7.01. The van der Waals surface area contributed by atoms with Gasteiger partial charge in [-0.2, -0.15) is 18.3 Å². The monoisotopic (exact) mass is 298 g/mol. The van der Waals surface area contributed by atoms with Crippen LogP contribution >= 0.6 is 0 Å². The average molecular weight is 298 g/mol. The van der Waals surface area contributed by atoms with E-state index in [1.165, 1.54) is 6.07 Å². The predicted molar refractivity (Wildman–Crippen MR) is 75.8 cm³/mol. The van der Waals surface area contributed by atoms with Crippen LogP contribution in [0, 0.1) is 6.92 Å². The molecule has 0 fully saturated rings. The van der Waals surface area contributed by atoms with Crippen molar-refractivity contribution in [2.45, 2.75) is 33.1 Å². The van der Waals surface area contributed by atoms with Crippen LogP contribution < -0.4 is 11.1 Å². The fourth-order valence-corrected chi connectivity index (χ4v) is 2.05. The van der Waals surface area contributed by atoms with Crippen LogP contribution in [0.3, 0.4) is 0 Å². The fourth-order valence-electron chi connectivity index (χ4n) is 2.05. The van der Waals surface area contributed by atoms with Crippen LogP contribution in [-0.2, 0) is 19.3 Å². The van der Waals surface area contributed by atoms with Gasteiger partial charge in [0.15, 0.2) is 0 Å². The van der Waals surface area contributed by atoms with E-state index in [0.717, 1.165) is 12.1 Å². The van der Waals surface area contributed by atoms with E-state index in [-0.39, 0.29) is 6.54 Å². The van der Waals surface area contributed by atoms with Crippen molar-refractivity contribution in [3.8, 4) is 0 Å². The highest BCUT2D eigenvalue weighted by molar-refractivity contribution is 5.64. The molecule has 3 N–H and O–H groups in total. The fraction of sp³-hybridized carbons (Fsp3) is 0.357. The minimum Gasteiger partial charge on any atom is -0.394 e. The third-order valence-electron chi connectivity index (χ3n) is 3.19. The van der Waals surface area contributed by atoms with E-state index >= 15 is 0 Å². The number of nitrogens with one attached hydrogen (secondary N) is 1. The maximum absolute atomic E-state index is 12.7.